The normalized spacial score (nSPS) is 14.4. The Hall–Kier alpha value is -3.35. The van der Waals surface area contributed by atoms with Crippen molar-refractivity contribution in [2.45, 2.75) is 0 Å². The Morgan fingerprint density at radius 1 is 1.00 bits per heavy atom. The van der Waals surface area contributed by atoms with Gasteiger partial charge < -0.3 is 19.7 Å². The van der Waals surface area contributed by atoms with E-state index in [-0.39, 0.29) is 11.6 Å². The van der Waals surface area contributed by atoms with Crippen LogP contribution in [0.5, 0.6) is 0 Å². The summed E-state index contributed by atoms with van der Waals surface area (Å²) in [5.74, 6) is 0.932. The number of anilines is 2. The lowest BCUT2D eigenvalue weighted by molar-refractivity contribution is 0.208. The molecule has 0 radical (unpaired) electrons. The van der Waals surface area contributed by atoms with Gasteiger partial charge in [-0.25, -0.2) is 9.78 Å². The quantitative estimate of drug-likeness (QED) is 0.758. The molecule has 0 spiro atoms. The van der Waals surface area contributed by atoms with E-state index in [1.807, 2.05) is 36.4 Å². The highest BCUT2D eigenvalue weighted by molar-refractivity contribution is 6.01. The zero-order chi connectivity index (χ0) is 18.8. The molecule has 0 saturated carbocycles. The molecule has 0 bridgehead atoms. The predicted molar refractivity (Wildman–Crippen MR) is 106 cm³/mol. The van der Waals surface area contributed by atoms with Crippen LogP contribution in [0.15, 0.2) is 59.7 Å². The Kier molecular flexibility index (Phi) is 4.50. The molecule has 3 heterocycles. The van der Waals surface area contributed by atoms with E-state index in [9.17, 15) is 9.59 Å². The van der Waals surface area contributed by atoms with Crippen LogP contribution in [0.1, 0.15) is 0 Å². The van der Waals surface area contributed by atoms with Gasteiger partial charge in [0, 0.05) is 56.4 Å². The molecule has 1 fully saturated rings. The third-order valence-corrected chi connectivity index (χ3v) is 4.87. The minimum Gasteiger partial charge on any atom is -0.353 e. The second kappa shape index (κ2) is 7.11. The van der Waals surface area contributed by atoms with E-state index in [1.165, 1.54) is 4.57 Å². The fraction of sp³-hybridized carbons (Fsp3) is 0.250. The fourth-order valence-corrected chi connectivity index (χ4v) is 3.39. The highest BCUT2D eigenvalue weighted by atomic mass is 16.2. The highest BCUT2D eigenvalue weighted by Gasteiger charge is 2.22. The Morgan fingerprint density at radius 2 is 1.70 bits per heavy atom. The van der Waals surface area contributed by atoms with Crippen LogP contribution in [0.25, 0.3) is 10.8 Å². The molecule has 7 heteroatoms. The van der Waals surface area contributed by atoms with E-state index >= 15 is 0 Å². The van der Waals surface area contributed by atoms with Gasteiger partial charge in [-0.1, -0.05) is 24.3 Å². The third kappa shape index (κ3) is 3.36. The van der Waals surface area contributed by atoms with Gasteiger partial charge in [0.1, 0.15) is 5.82 Å². The van der Waals surface area contributed by atoms with Crippen LogP contribution >= 0.6 is 0 Å². The van der Waals surface area contributed by atoms with Crippen LogP contribution in [-0.2, 0) is 7.05 Å². The van der Waals surface area contributed by atoms with Crippen molar-refractivity contribution in [2.24, 2.45) is 7.05 Å². The molecule has 1 aliphatic rings. The van der Waals surface area contributed by atoms with Crippen molar-refractivity contribution in [2.75, 3.05) is 36.4 Å². The standard InChI is InChI=1S/C20H21N5O2/c1-23-14-17(15-6-2-3-7-16(15)19(23)26)22-20(27)25-12-10-24(11-13-25)18-8-4-5-9-21-18/h2-9,14H,10-13H2,1H3,(H,22,27). The average Bonchev–Trinajstić information content (AvgIpc) is 2.72. The number of amides is 2. The number of nitrogens with zero attached hydrogens (tertiary/aromatic N) is 4. The van der Waals surface area contributed by atoms with Gasteiger partial charge in [-0.3, -0.25) is 4.79 Å². The first-order chi connectivity index (χ1) is 13.1. The summed E-state index contributed by atoms with van der Waals surface area (Å²) in [4.78, 5) is 33.3. The van der Waals surface area contributed by atoms with Crippen molar-refractivity contribution < 1.29 is 4.79 Å². The van der Waals surface area contributed by atoms with Gasteiger partial charge in [0.2, 0.25) is 0 Å². The molecule has 1 aromatic carbocycles. The van der Waals surface area contributed by atoms with E-state index in [0.29, 0.717) is 24.2 Å². The maximum absolute atomic E-state index is 12.7. The second-order valence-electron chi connectivity index (χ2n) is 6.60. The summed E-state index contributed by atoms with van der Waals surface area (Å²) in [7, 11) is 1.69. The number of carbonyl (C=O) groups excluding carboxylic acids is 1. The summed E-state index contributed by atoms with van der Waals surface area (Å²) in [6.07, 6.45) is 3.45. The number of hydrogen-bond donors (Lipinski definition) is 1. The zero-order valence-corrected chi connectivity index (χ0v) is 15.1. The molecule has 1 N–H and O–H groups in total. The summed E-state index contributed by atoms with van der Waals surface area (Å²) in [6.45, 7) is 2.70. The summed E-state index contributed by atoms with van der Waals surface area (Å²) in [5, 5.41) is 4.32. The lowest BCUT2D eigenvalue weighted by Gasteiger charge is -2.35. The Morgan fingerprint density at radius 3 is 2.41 bits per heavy atom. The number of rotatable bonds is 2. The molecule has 3 aromatic rings. The molecule has 7 nitrogen and oxygen atoms in total. The van der Waals surface area contributed by atoms with Crippen molar-refractivity contribution in [3.05, 3.63) is 65.2 Å². The number of piperazine rings is 1. The first-order valence-electron chi connectivity index (χ1n) is 8.94. The number of urea groups is 1. The number of aromatic nitrogens is 2. The Balaban J connectivity index is 1.49. The largest absolute Gasteiger partial charge is 0.353 e. The molecule has 27 heavy (non-hydrogen) atoms. The first-order valence-corrected chi connectivity index (χ1v) is 8.94. The molecule has 1 saturated heterocycles. The lowest BCUT2D eigenvalue weighted by atomic mass is 10.1. The van der Waals surface area contributed by atoms with Crippen LogP contribution in [0, 0.1) is 0 Å². The molecule has 0 aliphatic carbocycles. The van der Waals surface area contributed by atoms with Gasteiger partial charge in [0.25, 0.3) is 5.56 Å². The van der Waals surface area contributed by atoms with Crippen LogP contribution in [0.3, 0.4) is 0 Å². The van der Waals surface area contributed by atoms with Crippen molar-refractivity contribution in [1.29, 1.82) is 0 Å². The van der Waals surface area contributed by atoms with Crippen LogP contribution < -0.4 is 15.8 Å². The monoisotopic (exact) mass is 363 g/mol. The van der Waals surface area contributed by atoms with Crippen molar-refractivity contribution in [3.63, 3.8) is 0 Å². The molecule has 4 rings (SSSR count). The van der Waals surface area contributed by atoms with Gasteiger partial charge >= 0.3 is 6.03 Å². The van der Waals surface area contributed by atoms with E-state index < -0.39 is 0 Å². The summed E-state index contributed by atoms with van der Waals surface area (Å²) < 4.78 is 1.50. The average molecular weight is 363 g/mol. The first kappa shape index (κ1) is 17.1. The molecule has 0 atom stereocenters. The summed E-state index contributed by atoms with van der Waals surface area (Å²) >= 11 is 0. The minimum absolute atomic E-state index is 0.0763. The number of fused-ring (bicyclic) bond motifs is 1. The topological polar surface area (TPSA) is 70.5 Å². The third-order valence-electron chi connectivity index (χ3n) is 4.87. The summed E-state index contributed by atoms with van der Waals surface area (Å²) in [5.41, 5.74) is 0.567. The maximum atomic E-state index is 12.7. The SMILES string of the molecule is Cn1cc(NC(=O)N2CCN(c3ccccn3)CC2)c2ccccc2c1=O. The van der Waals surface area contributed by atoms with Gasteiger partial charge in [-0.15, -0.1) is 0 Å². The van der Waals surface area contributed by atoms with Crippen LogP contribution in [0.4, 0.5) is 16.3 Å². The van der Waals surface area contributed by atoms with Crippen LogP contribution in [-0.4, -0.2) is 46.7 Å². The number of nitrogens with one attached hydrogen (secondary N) is 1. The van der Waals surface area contributed by atoms with E-state index in [2.05, 4.69) is 15.2 Å². The molecule has 1 aliphatic heterocycles. The minimum atomic E-state index is -0.153. The van der Waals surface area contributed by atoms with E-state index in [4.69, 9.17) is 0 Å². The number of benzene rings is 1. The van der Waals surface area contributed by atoms with E-state index in [0.717, 1.165) is 24.3 Å². The highest BCUT2D eigenvalue weighted by Crippen LogP contribution is 2.21. The predicted octanol–water partition coefficient (Wildman–Crippen LogP) is 2.29. The molecule has 2 amide bonds. The van der Waals surface area contributed by atoms with Crippen molar-refractivity contribution in [1.82, 2.24) is 14.5 Å². The second-order valence-corrected chi connectivity index (χ2v) is 6.60. The number of hydrogen-bond acceptors (Lipinski definition) is 4. The van der Waals surface area contributed by atoms with Crippen molar-refractivity contribution >= 4 is 28.3 Å². The van der Waals surface area contributed by atoms with Crippen molar-refractivity contribution in [3.8, 4) is 0 Å². The maximum Gasteiger partial charge on any atom is 0.322 e. The van der Waals surface area contributed by atoms with Crippen LogP contribution in [0.2, 0.25) is 0 Å². The molecule has 2 aromatic heterocycles. The molecule has 0 unspecified atom stereocenters. The van der Waals surface area contributed by atoms with E-state index in [1.54, 1.807) is 30.4 Å². The molecular weight excluding hydrogens is 342 g/mol. The molecular formula is C20H21N5O2. The zero-order valence-electron chi connectivity index (χ0n) is 15.1. The summed E-state index contributed by atoms with van der Waals surface area (Å²) in [6, 6.07) is 13.0. The molecule has 138 valence electrons. The van der Waals surface area contributed by atoms with Gasteiger partial charge in [-0.05, 0) is 18.2 Å². The Bertz CT molecular complexity index is 1020. The number of pyridine rings is 2. The fourth-order valence-electron chi connectivity index (χ4n) is 3.39. The van der Waals surface area contributed by atoms with Gasteiger partial charge in [0.05, 0.1) is 5.69 Å². The Labute approximate surface area is 156 Å². The van der Waals surface area contributed by atoms with Gasteiger partial charge in [-0.2, -0.15) is 0 Å². The van der Waals surface area contributed by atoms with Gasteiger partial charge in [0.15, 0.2) is 0 Å². The number of carbonyl (C=O) groups is 1. The smallest absolute Gasteiger partial charge is 0.322 e. The lowest BCUT2D eigenvalue weighted by Crippen LogP contribution is -2.50. The number of aryl methyl sites for hydroxylation is 1.